The fourth-order valence-electron chi connectivity index (χ4n) is 1.75. The van der Waals surface area contributed by atoms with E-state index >= 15 is 0 Å². The highest BCUT2D eigenvalue weighted by Gasteiger charge is 2.23. The van der Waals surface area contributed by atoms with Crippen LogP contribution in [0.2, 0.25) is 0 Å². The second-order valence-corrected chi connectivity index (χ2v) is 4.71. The van der Waals surface area contributed by atoms with Crippen molar-refractivity contribution in [3.63, 3.8) is 0 Å². The maximum atomic E-state index is 11.6. The van der Waals surface area contributed by atoms with Crippen LogP contribution in [0.5, 0.6) is 11.5 Å². The van der Waals surface area contributed by atoms with Gasteiger partial charge in [0.1, 0.15) is 11.5 Å². The van der Waals surface area contributed by atoms with Crippen molar-refractivity contribution in [3.05, 3.63) is 23.8 Å². The summed E-state index contributed by atoms with van der Waals surface area (Å²) in [5, 5.41) is 12.5. The molecule has 1 aromatic carbocycles. The van der Waals surface area contributed by atoms with E-state index in [0.29, 0.717) is 23.1 Å². The first-order valence-corrected chi connectivity index (χ1v) is 6.38. The lowest BCUT2D eigenvalue weighted by atomic mass is 10.1. The summed E-state index contributed by atoms with van der Waals surface area (Å²) in [5.41, 5.74) is 0.639. The van der Waals surface area contributed by atoms with Crippen LogP contribution in [0.1, 0.15) is 31.4 Å². The molecule has 0 spiro atoms. The predicted octanol–water partition coefficient (Wildman–Crippen LogP) is 1.41. The molecule has 1 aromatic rings. The van der Waals surface area contributed by atoms with Gasteiger partial charge in [0.25, 0.3) is 5.91 Å². The topological polar surface area (TPSA) is 67.8 Å². The lowest BCUT2D eigenvalue weighted by Gasteiger charge is -2.14. The molecular formula is C14H19NO4. The molecule has 0 unspecified atom stereocenters. The van der Waals surface area contributed by atoms with E-state index in [0.717, 1.165) is 12.8 Å². The standard InChI is InChI=1S/C14H19NO4/c1-9(16)12-6-5-11(18-2)7-13(12)19-8-14(17)15-10-3-4-10/h5-7,9-10,16H,3-4,8H2,1-2H3,(H,15,17)/t9-/m1/s1. The summed E-state index contributed by atoms with van der Waals surface area (Å²) < 4.78 is 10.6. The van der Waals surface area contributed by atoms with Crippen molar-refractivity contribution in [2.75, 3.05) is 13.7 Å². The Kier molecular flexibility index (Phi) is 4.27. The molecule has 0 radical (unpaired) electrons. The van der Waals surface area contributed by atoms with Gasteiger partial charge in [0.2, 0.25) is 0 Å². The second-order valence-electron chi connectivity index (χ2n) is 4.71. The van der Waals surface area contributed by atoms with Gasteiger partial charge in [0.05, 0.1) is 13.2 Å². The van der Waals surface area contributed by atoms with Gasteiger partial charge in [-0.15, -0.1) is 0 Å². The van der Waals surface area contributed by atoms with Gasteiger partial charge in [-0.05, 0) is 31.9 Å². The van der Waals surface area contributed by atoms with Gasteiger partial charge in [-0.3, -0.25) is 4.79 Å². The van der Waals surface area contributed by atoms with Crippen molar-refractivity contribution in [2.45, 2.75) is 31.9 Å². The fourth-order valence-corrected chi connectivity index (χ4v) is 1.75. The third-order valence-corrected chi connectivity index (χ3v) is 2.97. The van der Waals surface area contributed by atoms with Crippen LogP contribution in [0.15, 0.2) is 18.2 Å². The highest BCUT2D eigenvalue weighted by Crippen LogP contribution is 2.29. The first kappa shape index (κ1) is 13.7. The van der Waals surface area contributed by atoms with Gasteiger partial charge < -0.3 is 19.9 Å². The number of benzene rings is 1. The molecule has 1 fully saturated rings. The van der Waals surface area contributed by atoms with Crippen LogP contribution in [-0.2, 0) is 4.79 Å². The first-order valence-electron chi connectivity index (χ1n) is 6.38. The van der Waals surface area contributed by atoms with Crippen LogP contribution >= 0.6 is 0 Å². The van der Waals surface area contributed by atoms with Gasteiger partial charge in [0.15, 0.2) is 6.61 Å². The van der Waals surface area contributed by atoms with Crippen LogP contribution in [0, 0.1) is 0 Å². The number of carbonyl (C=O) groups excluding carboxylic acids is 1. The number of carbonyl (C=O) groups is 1. The van der Waals surface area contributed by atoms with Crippen LogP contribution in [0.4, 0.5) is 0 Å². The normalized spacial score (nSPS) is 15.7. The lowest BCUT2D eigenvalue weighted by molar-refractivity contribution is -0.123. The molecule has 5 heteroatoms. The molecule has 104 valence electrons. The Balaban J connectivity index is 2.01. The Morgan fingerprint density at radius 1 is 1.53 bits per heavy atom. The van der Waals surface area contributed by atoms with Crippen LogP contribution in [0.25, 0.3) is 0 Å². The van der Waals surface area contributed by atoms with E-state index in [1.165, 1.54) is 0 Å². The fraction of sp³-hybridized carbons (Fsp3) is 0.500. The second kappa shape index (κ2) is 5.93. The zero-order valence-corrected chi connectivity index (χ0v) is 11.2. The van der Waals surface area contributed by atoms with Gasteiger partial charge in [-0.1, -0.05) is 0 Å². The van der Waals surface area contributed by atoms with Gasteiger partial charge in [0, 0.05) is 17.7 Å². The Hall–Kier alpha value is -1.75. The maximum absolute atomic E-state index is 11.6. The van der Waals surface area contributed by atoms with Crippen molar-refractivity contribution >= 4 is 5.91 Å². The third-order valence-electron chi connectivity index (χ3n) is 2.97. The van der Waals surface area contributed by atoms with E-state index in [2.05, 4.69) is 5.32 Å². The highest BCUT2D eigenvalue weighted by atomic mass is 16.5. The molecule has 2 N–H and O–H groups in total. The van der Waals surface area contributed by atoms with E-state index in [1.54, 1.807) is 32.2 Å². The number of aliphatic hydroxyl groups is 1. The Morgan fingerprint density at radius 3 is 2.84 bits per heavy atom. The van der Waals surface area contributed by atoms with E-state index in [9.17, 15) is 9.90 Å². The monoisotopic (exact) mass is 265 g/mol. The molecule has 19 heavy (non-hydrogen) atoms. The Bertz CT molecular complexity index is 455. The smallest absolute Gasteiger partial charge is 0.258 e. The Labute approximate surface area is 112 Å². The maximum Gasteiger partial charge on any atom is 0.258 e. The SMILES string of the molecule is COc1ccc([C@@H](C)O)c(OCC(=O)NC2CC2)c1. The number of nitrogens with one attached hydrogen (secondary N) is 1. The molecular weight excluding hydrogens is 246 g/mol. The minimum absolute atomic E-state index is 0.0522. The van der Waals surface area contributed by atoms with Crippen molar-refractivity contribution in [3.8, 4) is 11.5 Å². The average Bonchev–Trinajstić information content (AvgIpc) is 3.19. The van der Waals surface area contributed by atoms with Gasteiger partial charge >= 0.3 is 0 Å². The Morgan fingerprint density at radius 2 is 2.26 bits per heavy atom. The number of methoxy groups -OCH3 is 1. The summed E-state index contributed by atoms with van der Waals surface area (Å²) in [6.07, 6.45) is 1.43. The highest BCUT2D eigenvalue weighted by molar-refractivity contribution is 5.78. The molecule has 0 bridgehead atoms. The molecule has 1 amide bonds. The van der Waals surface area contributed by atoms with E-state index in [1.807, 2.05) is 0 Å². The number of rotatable bonds is 6. The molecule has 1 saturated carbocycles. The molecule has 1 aliphatic rings. The number of hydrogen-bond acceptors (Lipinski definition) is 4. The number of aliphatic hydroxyl groups excluding tert-OH is 1. The van der Waals surface area contributed by atoms with Crippen LogP contribution in [-0.4, -0.2) is 30.8 Å². The van der Waals surface area contributed by atoms with Crippen LogP contribution in [0.3, 0.4) is 0 Å². The average molecular weight is 265 g/mol. The van der Waals surface area contributed by atoms with Crippen molar-refractivity contribution in [1.29, 1.82) is 0 Å². The number of ether oxygens (including phenoxy) is 2. The molecule has 0 saturated heterocycles. The van der Waals surface area contributed by atoms with Gasteiger partial charge in [-0.25, -0.2) is 0 Å². The molecule has 0 aromatic heterocycles. The summed E-state index contributed by atoms with van der Waals surface area (Å²) in [7, 11) is 1.56. The minimum Gasteiger partial charge on any atom is -0.497 e. The summed E-state index contributed by atoms with van der Waals surface area (Å²) in [6.45, 7) is 1.60. The predicted molar refractivity (Wildman–Crippen MR) is 70.3 cm³/mol. The van der Waals surface area contributed by atoms with Crippen molar-refractivity contribution < 1.29 is 19.4 Å². The molecule has 0 aliphatic heterocycles. The van der Waals surface area contributed by atoms with E-state index < -0.39 is 6.10 Å². The zero-order chi connectivity index (χ0) is 13.8. The minimum atomic E-state index is -0.660. The molecule has 1 atom stereocenters. The lowest BCUT2D eigenvalue weighted by Crippen LogP contribution is -2.30. The van der Waals surface area contributed by atoms with Crippen LogP contribution < -0.4 is 14.8 Å². The molecule has 1 aliphatic carbocycles. The summed E-state index contributed by atoms with van der Waals surface area (Å²) >= 11 is 0. The zero-order valence-electron chi connectivity index (χ0n) is 11.2. The molecule has 2 rings (SSSR count). The summed E-state index contributed by atoms with van der Waals surface area (Å²) in [6, 6.07) is 5.47. The van der Waals surface area contributed by atoms with E-state index in [4.69, 9.17) is 9.47 Å². The van der Waals surface area contributed by atoms with Crippen molar-refractivity contribution in [1.82, 2.24) is 5.32 Å². The first-order chi connectivity index (χ1) is 9.10. The molecule has 0 heterocycles. The van der Waals surface area contributed by atoms with E-state index in [-0.39, 0.29) is 12.5 Å². The summed E-state index contributed by atoms with van der Waals surface area (Å²) in [4.78, 5) is 11.6. The largest absolute Gasteiger partial charge is 0.497 e. The number of amides is 1. The van der Waals surface area contributed by atoms with Gasteiger partial charge in [-0.2, -0.15) is 0 Å². The third kappa shape index (κ3) is 3.86. The molecule has 5 nitrogen and oxygen atoms in total. The van der Waals surface area contributed by atoms with Crippen molar-refractivity contribution in [2.24, 2.45) is 0 Å². The number of hydrogen-bond donors (Lipinski definition) is 2. The quantitative estimate of drug-likeness (QED) is 0.816. The summed E-state index contributed by atoms with van der Waals surface area (Å²) in [5.74, 6) is 0.962.